The molecule has 0 atom stereocenters. The lowest BCUT2D eigenvalue weighted by atomic mass is 10.1. The summed E-state index contributed by atoms with van der Waals surface area (Å²) in [7, 11) is 0. The molecule has 0 aliphatic carbocycles. The van der Waals surface area contributed by atoms with E-state index in [9.17, 15) is 13.6 Å². The molecule has 0 aliphatic rings. The van der Waals surface area contributed by atoms with Gasteiger partial charge in [-0.2, -0.15) is 4.98 Å². The van der Waals surface area contributed by atoms with Crippen LogP contribution in [0, 0.1) is 18.6 Å². The third-order valence-corrected chi connectivity index (χ3v) is 5.14. The van der Waals surface area contributed by atoms with Gasteiger partial charge in [-0.15, -0.1) is 16.4 Å². The number of carbonyl (C=O) groups excluding carboxylic acids is 1. The van der Waals surface area contributed by atoms with Crippen LogP contribution < -0.4 is 5.32 Å². The van der Waals surface area contributed by atoms with Crippen molar-refractivity contribution in [2.45, 2.75) is 13.3 Å². The Hall–Kier alpha value is -3.13. The lowest BCUT2D eigenvalue weighted by molar-refractivity contribution is 0.0953. The largest absolute Gasteiger partial charge is 0.352 e. The third kappa shape index (κ3) is 3.63. The average Bonchev–Trinajstić information content (AvgIpc) is 3.25. The molecule has 0 spiro atoms. The fourth-order valence-corrected chi connectivity index (χ4v) is 3.70. The van der Waals surface area contributed by atoms with Gasteiger partial charge in [0.15, 0.2) is 17.5 Å². The molecule has 2 aromatic heterocycles. The Kier molecular flexibility index (Phi) is 4.87. The van der Waals surface area contributed by atoms with E-state index >= 15 is 0 Å². The Morgan fingerprint density at radius 3 is 2.82 bits per heavy atom. The highest BCUT2D eigenvalue weighted by Gasteiger charge is 2.13. The average molecular weight is 398 g/mol. The molecule has 0 bridgehead atoms. The van der Waals surface area contributed by atoms with Crippen molar-refractivity contribution in [2.24, 2.45) is 0 Å². The van der Waals surface area contributed by atoms with Gasteiger partial charge in [0.25, 0.3) is 5.91 Å². The molecule has 5 nitrogen and oxygen atoms in total. The highest BCUT2D eigenvalue weighted by atomic mass is 32.1. The van der Waals surface area contributed by atoms with E-state index in [1.165, 1.54) is 17.4 Å². The molecule has 0 fully saturated rings. The van der Waals surface area contributed by atoms with E-state index in [2.05, 4.69) is 15.4 Å². The highest BCUT2D eigenvalue weighted by Crippen LogP contribution is 2.21. The van der Waals surface area contributed by atoms with Gasteiger partial charge in [-0.1, -0.05) is 23.8 Å². The van der Waals surface area contributed by atoms with Crippen molar-refractivity contribution in [1.82, 2.24) is 19.9 Å². The van der Waals surface area contributed by atoms with Crippen molar-refractivity contribution in [3.05, 3.63) is 76.3 Å². The predicted octanol–water partition coefficient (Wildman–Crippen LogP) is 4.02. The standard InChI is InChI=1S/C20H16F2N4OS/c1-12-3-2-4-13(9-12)18-24-20-26(25-18)15(11-28-20)7-8-23-19(27)14-5-6-16(21)17(22)10-14/h2-6,9-11H,7-8H2,1H3,(H,23,27). The maximum Gasteiger partial charge on any atom is 0.251 e. The maximum atomic E-state index is 13.3. The molecule has 4 rings (SSSR count). The van der Waals surface area contributed by atoms with E-state index in [0.29, 0.717) is 18.8 Å². The molecule has 0 saturated carbocycles. The van der Waals surface area contributed by atoms with Crippen molar-refractivity contribution in [3.8, 4) is 11.4 Å². The molecule has 0 saturated heterocycles. The van der Waals surface area contributed by atoms with Crippen LogP contribution in [0.2, 0.25) is 0 Å². The van der Waals surface area contributed by atoms with Gasteiger partial charge < -0.3 is 5.32 Å². The van der Waals surface area contributed by atoms with Gasteiger partial charge in [0.05, 0.1) is 5.69 Å². The smallest absolute Gasteiger partial charge is 0.251 e. The van der Waals surface area contributed by atoms with Gasteiger partial charge in [0, 0.05) is 29.5 Å². The van der Waals surface area contributed by atoms with Crippen molar-refractivity contribution < 1.29 is 13.6 Å². The van der Waals surface area contributed by atoms with E-state index in [1.54, 1.807) is 4.52 Å². The summed E-state index contributed by atoms with van der Waals surface area (Å²) in [5.41, 5.74) is 3.08. The van der Waals surface area contributed by atoms with Crippen molar-refractivity contribution in [1.29, 1.82) is 0 Å². The van der Waals surface area contributed by atoms with E-state index in [4.69, 9.17) is 0 Å². The van der Waals surface area contributed by atoms with Crippen LogP contribution in [0.3, 0.4) is 0 Å². The van der Waals surface area contributed by atoms with Crippen LogP contribution in [0.15, 0.2) is 47.8 Å². The topological polar surface area (TPSA) is 59.3 Å². The van der Waals surface area contributed by atoms with Crippen LogP contribution in [-0.2, 0) is 6.42 Å². The number of aromatic nitrogens is 3. The summed E-state index contributed by atoms with van der Waals surface area (Å²) >= 11 is 1.48. The number of hydrogen-bond acceptors (Lipinski definition) is 4. The molecular formula is C20H16F2N4OS. The first-order valence-electron chi connectivity index (χ1n) is 8.65. The number of rotatable bonds is 5. The van der Waals surface area contributed by atoms with Crippen LogP contribution >= 0.6 is 11.3 Å². The van der Waals surface area contributed by atoms with Crippen LogP contribution in [-0.4, -0.2) is 27.0 Å². The Balaban J connectivity index is 1.45. The Morgan fingerprint density at radius 1 is 1.18 bits per heavy atom. The SMILES string of the molecule is Cc1cccc(-c2nc3scc(CCNC(=O)c4ccc(F)c(F)c4)n3n2)c1. The quantitative estimate of drug-likeness (QED) is 0.552. The Labute approximate surface area is 163 Å². The number of benzene rings is 2. The summed E-state index contributed by atoms with van der Waals surface area (Å²) in [4.78, 5) is 17.4. The molecule has 1 amide bonds. The first kappa shape index (κ1) is 18.2. The molecule has 0 aliphatic heterocycles. The van der Waals surface area contributed by atoms with Gasteiger partial charge in [0.1, 0.15) is 0 Å². The summed E-state index contributed by atoms with van der Waals surface area (Å²) < 4.78 is 28.0. The molecule has 8 heteroatoms. The molecule has 4 aromatic rings. The first-order chi connectivity index (χ1) is 13.5. The number of amides is 1. The number of nitrogens with zero attached hydrogens (tertiary/aromatic N) is 3. The maximum absolute atomic E-state index is 13.3. The van der Waals surface area contributed by atoms with Gasteiger partial charge >= 0.3 is 0 Å². The summed E-state index contributed by atoms with van der Waals surface area (Å²) in [5.74, 6) is -1.82. The number of fused-ring (bicyclic) bond motifs is 1. The van der Waals surface area contributed by atoms with Crippen LogP contribution in [0.1, 0.15) is 21.6 Å². The van der Waals surface area contributed by atoms with E-state index in [1.807, 2.05) is 36.6 Å². The molecule has 142 valence electrons. The zero-order valence-electron chi connectivity index (χ0n) is 14.9. The van der Waals surface area contributed by atoms with Crippen LogP contribution in [0.25, 0.3) is 16.3 Å². The first-order valence-corrected chi connectivity index (χ1v) is 9.52. The molecule has 0 unspecified atom stereocenters. The van der Waals surface area contributed by atoms with Crippen LogP contribution in [0.4, 0.5) is 8.78 Å². The van der Waals surface area contributed by atoms with E-state index in [-0.39, 0.29) is 5.56 Å². The zero-order chi connectivity index (χ0) is 19.7. The number of nitrogens with one attached hydrogen (secondary N) is 1. The lowest BCUT2D eigenvalue weighted by Crippen LogP contribution is -2.26. The molecular weight excluding hydrogens is 382 g/mol. The van der Waals surface area contributed by atoms with Crippen molar-refractivity contribution >= 4 is 22.2 Å². The molecule has 2 heterocycles. The summed E-state index contributed by atoms with van der Waals surface area (Å²) in [6.45, 7) is 2.35. The number of halogens is 2. The second-order valence-corrected chi connectivity index (χ2v) is 7.20. The van der Waals surface area contributed by atoms with Crippen LogP contribution in [0.5, 0.6) is 0 Å². The fraction of sp³-hybridized carbons (Fsp3) is 0.150. The summed E-state index contributed by atoms with van der Waals surface area (Å²) in [6.07, 6.45) is 0.534. The molecule has 2 aromatic carbocycles. The minimum atomic E-state index is -1.04. The monoisotopic (exact) mass is 398 g/mol. The number of aryl methyl sites for hydroxylation is 1. The number of carbonyl (C=O) groups is 1. The highest BCUT2D eigenvalue weighted by molar-refractivity contribution is 7.15. The van der Waals surface area contributed by atoms with Crippen molar-refractivity contribution in [3.63, 3.8) is 0 Å². The number of hydrogen-bond donors (Lipinski definition) is 1. The minimum Gasteiger partial charge on any atom is -0.352 e. The molecule has 1 N–H and O–H groups in total. The molecule has 28 heavy (non-hydrogen) atoms. The van der Waals surface area contributed by atoms with Gasteiger partial charge in [0.2, 0.25) is 4.96 Å². The minimum absolute atomic E-state index is 0.0804. The zero-order valence-corrected chi connectivity index (χ0v) is 15.8. The Morgan fingerprint density at radius 2 is 2.04 bits per heavy atom. The van der Waals surface area contributed by atoms with Gasteiger partial charge in [-0.25, -0.2) is 13.3 Å². The van der Waals surface area contributed by atoms with E-state index < -0.39 is 17.5 Å². The number of thiazole rings is 1. The predicted molar refractivity (Wildman–Crippen MR) is 103 cm³/mol. The van der Waals surface area contributed by atoms with Gasteiger partial charge in [-0.05, 0) is 31.2 Å². The second-order valence-electron chi connectivity index (χ2n) is 6.36. The van der Waals surface area contributed by atoms with Gasteiger partial charge in [-0.3, -0.25) is 4.79 Å². The Bertz CT molecular complexity index is 1170. The third-order valence-electron chi connectivity index (χ3n) is 4.27. The lowest BCUT2D eigenvalue weighted by Gasteiger charge is -2.05. The fourth-order valence-electron chi connectivity index (χ4n) is 2.85. The summed E-state index contributed by atoms with van der Waals surface area (Å²) in [6, 6.07) is 11.1. The second kappa shape index (κ2) is 7.47. The summed E-state index contributed by atoms with van der Waals surface area (Å²) in [5, 5.41) is 9.23. The van der Waals surface area contributed by atoms with Crippen molar-refractivity contribution in [2.75, 3.05) is 6.54 Å². The normalized spacial score (nSPS) is 11.1. The molecule has 0 radical (unpaired) electrons. The van der Waals surface area contributed by atoms with E-state index in [0.717, 1.165) is 33.9 Å².